The third kappa shape index (κ3) is 14.0. The minimum absolute atomic E-state index is 0.172. The van der Waals surface area contributed by atoms with E-state index in [2.05, 4.69) is 31.5 Å². The zero-order valence-corrected chi connectivity index (χ0v) is 14.0. The molecule has 0 atom stereocenters. The normalized spacial score (nSPS) is 11.5. The van der Waals surface area contributed by atoms with E-state index in [-0.39, 0.29) is 5.54 Å². The molecule has 0 aliphatic heterocycles. The molecule has 0 saturated carbocycles. The zero-order chi connectivity index (χ0) is 14.4. The summed E-state index contributed by atoms with van der Waals surface area (Å²) in [5.41, 5.74) is 0.172. The van der Waals surface area contributed by atoms with E-state index in [0.717, 1.165) is 5.88 Å². The van der Waals surface area contributed by atoms with Gasteiger partial charge < -0.3 is 5.32 Å². The molecule has 0 spiro atoms. The van der Waals surface area contributed by atoms with Crippen LogP contribution in [0, 0.1) is 10.7 Å². The predicted molar refractivity (Wildman–Crippen MR) is 87.1 cm³/mol. The summed E-state index contributed by atoms with van der Waals surface area (Å²) in [6.07, 6.45) is 13.6. The minimum atomic E-state index is 0.172. The van der Waals surface area contributed by atoms with E-state index in [1.165, 1.54) is 76.0 Å². The lowest BCUT2D eigenvalue weighted by molar-refractivity contribution is 0.368. The number of hydrogen-bond acceptors (Lipinski definition) is 3. The summed E-state index contributed by atoms with van der Waals surface area (Å²) >= 11 is 1.29. The maximum atomic E-state index is 8.49. The Kier molecular flexibility index (Phi) is 12.7. The summed E-state index contributed by atoms with van der Waals surface area (Å²) in [6, 6.07) is 0. The van der Waals surface area contributed by atoms with Gasteiger partial charge in [-0.15, -0.1) is 0 Å². The van der Waals surface area contributed by atoms with Gasteiger partial charge in [0.15, 0.2) is 0 Å². The molecule has 0 saturated heterocycles. The second-order valence-corrected chi connectivity index (χ2v) is 6.78. The van der Waals surface area contributed by atoms with Gasteiger partial charge in [-0.05, 0) is 32.0 Å². The van der Waals surface area contributed by atoms with Gasteiger partial charge in [-0.25, -0.2) is 0 Å². The molecule has 0 fully saturated rings. The average Bonchev–Trinajstić information content (AvgIpc) is 2.37. The maximum absolute atomic E-state index is 8.49. The Bertz CT molecular complexity index is 233. The third-order valence-corrected chi connectivity index (χ3v) is 4.01. The molecule has 0 radical (unpaired) electrons. The van der Waals surface area contributed by atoms with Gasteiger partial charge in [-0.2, -0.15) is 5.26 Å². The van der Waals surface area contributed by atoms with Crippen LogP contribution in [0.4, 0.5) is 0 Å². The molecule has 0 aliphatic rings. The number of nitrogens with zero attached hydrogens (tertiary/aromatic N) is 1. The van der Waals surface area contributed by atoms with E-state index >= 15 is 0 Å². The smallest absolute Gasteiger partial charge is 0.134 e. The molecule has 112 valence electrons. The Morgan fingerprint density at radius 3 is 2.00 bits per heavy atom. The number of nitrogens with one attached hydrogen (secondary N) is 1. The minimum Gasteiger partial charge on any atom is -0.302 e. The Balaban J connectivity index is 3.30. The number of unbranched alkanes of at least 4 members (excludes halogenated alkanes) is 8. The Labute approximate surface area is 124 Å². The van der Waals surface area contributed by atoms with Gasteiger partial charge in [0.25, 0.3) is 0 Å². The first kappa shape index (κ1) is 18.8. The largest absolute Gasteiger partial charge is 0.302 e. The molecule has 0 aliphatic carbocycles. The molecule has 0 rings (SSSR count). The summed E-state index contributed by atoms with van der Waals surface area (Å²) in [5, 5.41) is 14.0. The van der Waals surface area contributed by atoms with Crippen molar-refractivity contribution in [3.63, 3.8) is 0 Å². The summed E-state index contributed by atoms with van der Waals surface area (Å²) in [7, 11) is 0. The summed E-state index contributed by atoms with van der Waals surface area (Å²) in [6.45, 7) is 6.73. The Morgan fingerprint density at radius 2 is 1.47 bits per heavy atom. The zero-order valence-electron chi connectivity index (χ0n) is 13.1. The number of rotatable bonds is 13. The van der Waals surface area contributed by atoms with Crippen LogP contribution in [0.5, 0.6) is 0 Å². The molecule has 2 nitrogen and oxygen atoms in total. The third-order valence-electron chi connectivity index (χ3n) is 3.59. The monoisotopic (exact) mass is 284 g/mol. The highest BCUT2D eigenvalue weighted by atomic mass is 32.2. The molecule has 0 aromatic heterocycles. The van der Waals surface area contributed by atoms with Crippen LogP contribution in [0.3, 0.4) is 0 Å². The fraction of sp³-hybridized carbons (Fsp3) is 0.938. The lowest BCUT2D eigenvalue weighted by atomic mass is 9.96. The number of hydrogen-bond donors (Lipinski definition) is 1. The van der Waals surface area contributed by atoms with Crippen molar-refractivity contribution in [1.29, 1.82) is 5.26 Å². The lowest BCUT2D eigenvalue weighted by Gasteiger charge is -2.25. The van der Waals surface area contributed by atoms with E-state index in [1.54, 1.807) is 0 Å². The molecule has 0 aromatic rings. The fourth-order valence-corrected chi connectivity index (χ4v) is 2.76. The van der Waals surface area contributed by atoms with Crippen LogP contribution in [0.2, 0.25) is 0 Å². The molecule has 0 unspecified atom stereocenters. The fourth-order valence-electron chi connectivity index (χ4n) is 2.23. The Morgan fingerprint density at radius 1 is 0.947 bits per heavy atom. The van der Waals surface area contributed by atoms with E-state index in [0.29, 0.717) is 0 Å². The molecule has 19 heavy (non-hydrogen) atoms. The van der Waals surface area contributed by atoms with Crippen LogP contribution >= 0.6 is 11.8 Å². The standard InChI is InChI=1S/C16H32N2S/c1-4-5-6-7-8-9-10-11-12-13-16(2,3)18-15-19-14-17/h18H,4-13,15H2,1-3H3. The highest BCUT2D eigenvalue weighted by molar-refractivity contribution is 8.03. The van der Waals surface area contributed by atoms with Gasteiger partial charge in [-0.1, -0.05) is 64.7 Å². The van der Waals surface area contributed by atoms with Crippen molar-refractivity contribution in [2.45, 2.75) is 90.5 Å². The predicted octanol–water partition coefficient (Wildman–Crippen LogP) is 5.45. The van der Waals surface area contributed by atoms with Crippen LogP contribution in [-0.4, -0.2) is 11.4 Å². The molecule has 3 heteroatoms. The summed E-state index contributed by atoms with van der Waals surface area (Å²) in [5.74, 6) is 0.737. The molecule has 0 heterocycles. The molecule has 0 aromatic carbocycles. The van der Waals surface area contributed by atoms with E-state index in [9.17, 15) is 0 Å². The van der Waals surface area contributed by atoms with E-state index < -0.39 is 0 Å². The number of nitriles is 1. The summed E-state index contributed by atoms with van der Waals surface area (Å²) in [4.78, 5) is 0. The van der Waals surface area contributed by atoms with Gasteiger partial charge in [0.2, 0.25) is 0 Å². The number of thiocyanates is 1. The second kappa shape index (κ2) is 12.8. The highest BCUT2D eigenvalue weighted by Gasteiger charge is 2.15. The molecular weight excluding hydrogens is 252 g/mol. The summed E-state index contributed by atoms with van der Waals surface area (Å²) < 4.78 is 0. The van der Waals surface area contributed by atoms with Gasteiger partial charge >= 0.3 is 0 Å². The first-order chi connectivity index (χ1) is 9.12. The van der Waals surface area contributed by atoms with Crippen LogP contribution < -0.4 is 5.32 Å². The van der Waals surface area contributed by atoms with Crippen molar-refractivity contribution < 1.29 is 0 Å². The van der Waals surface area contributed by atoms with E-state index in [1.807, 2.05) is 0 Å². The van der Waals surface area contributed by atoms with Crippen molar-refractivity contribution in [1.82, 2.24) is 5.32 Å². The van der Waals surface area contributed by atoms with Gasteiger partial charge in [0.1, 0.15) is 5.40 Å². The molecular formula is C16H32N2S. The van der Waals surface area contributed by atoms with Crippen LogP contribution in [0.15, 0.2) is 0 Å². The number of thioether (sulfide) groups is 1. The lowest BCUT2D eigenvalue weighted by Crippen LogP contribution is -2.38. The van der Waals surface area contributed by atoms with Crippen molar-refractivity contribution in [3.05, 3.63) is 0 Å². The van der Waals surface area contributed by atoms with Crippen LogP contribution in [-0.2, 0) is 0 Å². The van der Waals surface area contributed by atoms with E-state index in [4.69, 9.17) is 5.26 Å². The van der Waals surface area contributed by atoms with Gasteiger partial charge in [0, 0.05) is 5.54 Å². The van der Waals surface area contributed by atoms with Crippen LogP contribution in [0.1, 0.15) is 85.0 Å². The Hall–Kier alpha value is -0.200. The SMILES string of the molecule is CCCCCCCCCCCC(C)(C)NCSC#N. The van der Waals surface area contributed by atoms with Crippen molar-refractivity contribution in [2.75, 3.05) is 5.88 Å². The van der Waals surface area contributed by atoms with Crippen LogP contribution in [0.25, 0.3) is 0 Å². The van der Waals surface area contributed by atoms with Gasteiger partial charge in [-0.3, -0.25) is 0 Å². The second-order valence-electron chi connectivity index (χ2n) is 6.02. The average molecular weight is 285 g/mol. The first-order valence-corrected chi connectivity index (χ1v) is 8.87. The maximum Gasteiger partial charge on any atom is 0.134 e. The van der Waals surface area contributed by atoms with Crippen molar-refractivity contribution >= 4 is 11.8 Å². The van der Waals surface area contributed by atoms with Gasteiger partial charge in [0.05, 0.1) is 5.88 Å². The topological polar surface area (TPSA) is 35.8 Å². The van der Waals surface area contributed by atoms with Crippen molar-refractivity contribution in [3.8, 4) is 5.40 Å². The van der Waals surface area contributed by atoms with Crippen molar-refractivity contribution in [2.24, 2.45) is 0 Å². The molecule has 1 N–H and O–H groups in total. The molecule has 0 bridgehead atoms. The highest BCUT2D eigenvalue weighted by Crippen LogP contribution is 2.16. The quantitative estimate of drug-likeness (QED) is 0.277. The first-order valence-electron chi connectivity index (χ1n) is 7.88. The molecule has 0 amide bonds.